The van der Waals surface area contributed by atoms with Gasteiger partial charge in [0.15, 0.2) is 0 Å². The summed E-state index contributed by atoms with van der Waals surface area (Å²) in [5, 5.41) is 12.9. The number of halogens is 1. The monoisotopic (exact) mass is 262 g/mol. The number of phenols is 1. The van der Waals surface area contributed by atoms with Crippen molar-refractivity contribution in [2.45, 2.75) is 0 Å². The molecule has 92 valence electrons. The lowest BCUT2D eigenvalue weighted by atomic mass is 10.1. The van der Waals surface area contributed by atoms with Crippen LogP contribution in [0.15, 0.2) is 42.5 Å². The summed E-state index contributed by atoms with van der Waals surface area (Å²) in [6.45, 7) is 0. The van der Waals surface area contributed by atoms with Crippen molar-refractivity contribution >= 4 is 28.9 Å². The maximum absolute atomic E-state index is 11.9. The van der Waals surface area contributed by atoms with E-state index in [9.17, 15) is 9.90 Å². The molecule has 0 aliphatic carbocycles. The molecular formula is C13H11ClN2O2. The number of carbonyl (C=O) groups excluding carboxylic acids is 1. The second-order valence-corrected chi connectivity index (χ2v) is 4.17. The largest absolute Gasteiger partial charge is 0.507 e. The van der Waals surface area contributed by atoms with E-state index >= 15 is 0 Å². The van der Waals surface area contributed by atoms with E-state index in [1.54, 1.807) is 30.3 Å². The number of rotatable bonds is 2. The molecule has 0 saturated heterocycles. The van der Waals surface area contributed by atoms with Crippen molar-refractivity contribution in [3.63, 3.8) is 0 Å². The first-order chi connectivity index (χ1) is 8.56. The first-order valence-corrected chi connectivity index (χ1v) is 5.59. The fourth-order valence-electron chi connectivity index (χ4n) is 1.47. The average Bonchev–Trinajstić information content (AvgIpc) is 2.32. The number of anilines is 2. The molecule has 4 N–H and O–H groups in total. The molecule has 0 bridgehead atoms. The van der Waals surface area contributed by atoms with Crippen LogP contribution in [0.2, 0.25) is 5.02 Å². The lowest BCUT2D eigenvalue weighted by Crippen LogP contribution is -2.12. The van der Waals surface area contributed by atoms with E-state index in [0.717, 1.165) is 0 Å². The van der Waals surface area contributed by atoms with Gasteiger partial charge in [-0.25, -0.2) is 0 Å². The summed E-state index contributed by atoms with van der Waals surface area (Å²) >= 11 is 5.74. The van der Waals surface area contributed by atoms with Gasteiger partial charge in [0.1, 0.15) is 5.75 Å². The van der Waals surface area contributed by atoms with Crippen molar-refractivity contribution < 1.29 is 9.90 Å². The fraction of sp³-hybridized carbons (Fsp3) is 0. The van der Waals surface area contributed by atoms with Crippen LogP contribution in [0.5, 0.6) is 5.75 Å². The minimum atomic E-state index is -0.408. The molecule has 2 rings (SSSR count). The number of benzene rings is 2. The van der Waals surface area contributed by atoms with Crippen molar-refractivity contribution in [1.29, 1.82) is 0 Å². The molecule has 0 aliphatic rings. The fourth-order valence-corrected chi connectivity index (χ4v) is 1.60. The smallest absolute Gasteiger partial charge is 0.259 e. The van der Waals surface area contributed by atoms with Crippen LogP contribution >= 0.6 is 11.6 Å². The first-order valence-electron chi connectivity index (χ1n) is 5.21. The maximum atomic E-state index is 11.9. The predicted octanol–water partition coefficient (Wildman–Crippen LogP) is 2.88. The molecule has 0 spiro atoms. The van der Waals surface area contributed by atoms with E-state index in [-0.39, 0.29) is 11.3 Å². The molecule has 4 nitrogen and oxygen atoms in total. The van der Waals surface area contributed by atoms with Crippen molar-refractivity contribution in [2.24, 2.45) is 0 Å². The molecule has 2 aromatic carbocycles. The molecule has 0 unspecified atom stereocenters. The standard InChI is InChI=1S/C13H11ClN2O2/c14-8-1-4-10(5-2-8)16-13(18)11-6-3-9(15)7-12(11)17/h1-7,17H,15H2,(H,16,18). The van der Waals surface area contributed by atoms with Gasteiger partial charge in [0.2, 0.25) is 0 Å². The average molecular weight is 263 g/mol. The highest BCUT2D eigenvalue weighted by molar-refractivity contribution is 6.30. The van der Waals surface area contributed by atoms with Crippen LogP contribution in [0.25, 0.3) is 0 Å². The number of aromatic hydroxyl groups is 1. The maximum Gasteiger partial charge on any atom is 0.259 e. The van der Waals surface area contributed by atoms with Gasteiger partial charge < -0.3 is 16.2 Å². The minimum absolute atomic E-state index is 0.151. The number of hydrogen-bond donors (Lipinski definition) is 3. The number of amides is 1. The van der Waals surface area contributed by atoms with Crippen LogP contribution in [0.4, 0.5) is 11.4 Å². The molecule has 5 heteroatoms. The topological polar surface area (TPSA) is 75.4 Å². The van der Waals surface area contributed by atoms with Gasteiger partial charge in [-0.15, -0.1) is 0 Å². The van der Waals surface area contributed by atoms with Crippen molar-refractivity contribution in [3.8, 4) is 5.75 Å². The zero-order valence-corrected chi connectivity index (χ0v) is 10.1. The Balaban J connectivity index is 2.19. The molecule has 0 aromatic heterocycles. The van der Waals surface area contributed by atoms with E-state index in [1.807, 2.05) is 0 Å². The third-order valence-corrected chi connectivity index (χ3v) is 2.62. The van der Waals surface area contributed by atoms with E-state index in [1.165, 1.54) is 12.1 Å². The highest BCUT2D eigenvalue weighted by atomic mass is 35.5. The van der Waals surface area contributed by atoms with Crippen molar-refractivity contribution in [3.05, 3.63) is 53.1 Å². The zero-order chi connectivity index (χ0) is 13.1. The summed E-state index contributed by atoms with van der Waals surface area (Å²) in [7, 11) is 0. The number of carbonyl (C=O) groups is 1. The third kappa shape index (κ3) is 2.73. The molecule has 1 amide bonds. The zero-order valence-electron chi connectivity index (χ0n) is 9.35. The molecule has 0 atom stereocenters. The minimum Gasteiger partial charge on any atom is -0.507 e. The highest BCUT2D eigenvalue weighted by Crippen LogP contribution is 2.21. The Morgan fingerprint density at radius 3 is 2.44 bits per heavy atom. The third-order valence-electron chi connectivity index (χ3n) is 2.37. The first kappa shape index (κ1) is 12.3. The van der Waals surface area contributed by atoms with Gasteiger partial charge >= 0.3 is 0 Å². The van der Waals surface area contributed by atoms with E-state index in [4.69, 9.17) is 17.3 Å². The van der Waals surface area contributed by atoms with Crippen LogP contribution < -0.4 is 11.1 Å². The molecule has 0 radical (unpaired) electrons. The number of phenolic OH excluding ortho intramolecular Hbond substituents is 1. The van der Waals surface area contributed by atoms with E-state index < -0.39 is 5.91 Å². The van der Waals surface area contributed by atoms with Crippen LogP contribution in [0, 0.1) is 0 Å². The lowest BCUT2D eigenvalue weighted by molar-refractivity contribution is 0.102. The summed E-state index contributed by atoms with van der Waals surface area (Å²) in [5.74, 6) is -0.559. The van der Waals surface area contributed by atoms with Crippen molar-refractivity contribution in [2.75, 3.05) is 11.1 Å². The Morgan fingerprint density at radius 2 is 1.83 bits per heavy atom. The number of nitrogens with two attached hydrogens (primary N) is 1. The molecule has 0 heterocycles. The van der Waals surface area contributed by atoms with Gasteiger partial charge in [0.25, 0.3) is 5.91 Å². The molecular weight excluding hydrogens is 252 g/mol. The van der Waals surface area contributed by atoms with Crippen LogP contribution in [-0.2, 0) is 0 Å². The van der Waals surface area contributed by atoms with Gasteiger partial charge in [-0.05, 0) is 36.4 Å². The summed E-state index contributed by atoms with van der Waals surface area (Å²) in [4.78, 5) is 11.9. The summed E-state index contributed by atoms with van der Waals surface area (Å²) < 4.78 is 0. The van der Waals surface area contributed by atoms with Crippen LogP contribution in [0.1, 0.15) is 10.4 Å². The normalized spacial score (nSPS) is 10.1. The quantitative estimate of drug-likeness (QED) is 0.729. The second-order valence-electron chi connectivity index (χ2n) is 3.74. The van der Waals surface area contributed by atoms with E-state index in [0.29, 0.717) is 16.4 Å². The molecule has 18 heavy (non-hydrogen) atoms. The summed E-state index contributed by atoms with van der Waals surface area (Å²) in [5.41, 5.74) is 6.65. The molecule has 0 saturated carbocycles. The highest BCUT2D eigenvalue weighted by Gasteiger charge is 2.11. The number of nitrogens with one attached hydrogen (secondary N) is 1. The van der Waals surface area contributed by atoms with Crippen molar-refractivity contribution in [1.82, 2.24) is 0 Å². The van der Waals surface area contributed by atoms with Gasteiger partial charge in [-0.2, -0.15) is 0 Å². The molecule has 2 aromatic rings. The predicted molar refractivity (Wildman–Crippen MR) is 71.9 cm³/mol. The molecule has 0 fully saturated rings. The Kier molecular flexibility index (Phi) is 3.39. The Bertz CT molecular complexity index is 582. The molecule has 0 aliphatic heterocycles. The van der Waals surface area contributed by atoms with Crippen LogP contribution in [0.3, 0.4) is 0 Å². The van der Waals surface area contributed by atoms with Crippen LogP contribution in [-0.4, -0.2) is 11.0 Å². The Morgan fingerprint density at radius 1 is 1.17 bits per heavy atom. The van der Waals surface area contributed by atoms with Gasteiger partial charge in [-0.3, -0.25) is 4.79 Å². The summed E-state index contributed by atoms with van der Waals surface area (Å²) in [6.07, 6.45) is 0. The number of hydrogen-bond acceptors (Lipinski definition) is 3. The Labute approximate surface area is 109 Å². The van der Waals surface area contributed by atoms with Gasteiger partial charge in [0, 0.05) is 22.5 Å². The lowest BCUT2D eigenvalue weighted by Gasteiger charge is -2.07. The van der Waals surface area contributed by atoms with E-state index in [2.05, 4.69) is 5.32 Å². The Hall–Kier alpha value is -2.20. The second kappa shape index (κ2) is 4.98. The van der Waals surface area contributed by atoms with Gasteiger partial charge in [-0.1, -0.05) is 11.6 Å². The SMILES string of the molecule is Nc1ccc(C(=O)Nc2ccc(Cl)cc2)c(O)c1. The number of nitrogen functional groups attached to an aromatic ring is 1. The summed E-state index contributed by atoms with van der Waals surface area (Å²) in [6, 6.07) is 11.0. The van der Waals surface area contributed by atoms with Gasteiger partial charge in [0.05, 0.1) is 5.56 Å².